The van der Waals surface area contributed by atoms with Gasteiger partial charge in [0.05, 0.1) is 23.8 Å². The van der Waals surface area contributed by atoms with Crippen molar-refractivity contribution in [2.45, 2.75) is 50.2 Å². The van der Waals surface area contributed by atoms with Gasteiger partial charge in [-0.05, 0) is 61.6 Å². The van der Waals surface area contributed by atoms with E-state index in [1.54, 1.807) is 24.3 Å². The molecule has 30 heavy (non-hydrogen) atoms. The number of nitrogens with two attached hydrogens (primary N) is 1. The van der Waals surface area contributed by atoms with Crippen molar-refractivity contribution in [3.63, 3.8) is 0 Å². The van der Waals surface area contributed by atoms with E-state index in [1.807, 2.05) is 12.1 Å². The Labute approximate surface area is 185 Å². The average Bonchev–Trinajstić information content (AvgIpc) is 2.86. The molecule has 1 saturated carbocycles. The molecular formula is C22H24Cl2N4O2. The lowest BCUT2D eigenvalue weighted by atomic mass is 9.91. The van der Waals surface area contributed by atoms with Gasteiger partial charge in [0, 0.05) is 27.7 Å². The molecule has 0 bridgehead atoms. The largest absolute Gasteiger partial charge is 0.376 e. The van der Waals surface area contributed by atoms with Crippen molar-refractivity contribution in [1.29, 1.82) is 0 Å². The third-order valence-corrected chi connectivity index (χ3v) is 6.28. The standard InChI is InChI=1S/C22H24Cl2N4O2/c23-13-2-7-16(17(24)10-13)19-11-21(29)28-20-9-12(1-8-18(20)27-19)22(30)26-15-5-3-14(25)4-6-15/h1-2,7-10,14-15,19,27H,3-6,11,25H2,(H,26,30)(H,28,29). The van der Waals surface area contributed by atoms with Crippen molar-refractivity contribution >= 4 is 46.4 Å². The first-order valence-corrected chi connectivity index (χ1v) is 10.9. The average molecular weight is 447 g/mol. The zero-order chi connectivity index (χ0) is 21.3. The Bertz CT molecular complexity index is 974. The van der Waals surface area contributed by atoms with Crippen LogP contribution in [0.25, 0.3) is 0 Å². The molecule has 1 aliphatic carbocycles. The zero-order valence-corrected chi connectivity index (χ0v) is 17.9. The molecule has 0 spiro atoms. The summed E-state index contributed by atoms with van der Waals surface area (Å²) in [5, 5.41) is 10.4. The smallest absolute Gasteiger partial charge is 0.251 e. The van der Waals surface area contributed by atoms with Gasteiger partial charge in [0.15, 0.2) is 0 Å². The van der Waals surface area contributed by atoms with Gasteiger partial charge in [-0.2, -0.15) is 0 Å². The van der Waals surface area contributed by atoms with Crippen molar-refractivity contribution in [3.05, 3.63) is 57.6 Å². The van der Waals surface area contributed by atoms with Crippen molar-refractivity contribution in [1.82, 2.24) is 5.32 Å². The lowest BCUT2D eigenvalue weighted by Gasteiger charge is -2.27. The highest BCUT2D eigenvalue weighted by atomic mass is 35.5. The minimum atomic E-state index is -0.304. The molecule has 8 heteroatoms. The van der Waals surface area contributed by atoms with Crippen LogP contribution < -0.4 is 21.7 Å². The zero-order valence-electron chi connectivity index (χ0n) is 16.4. The fraction of sp³-hybridized carbons (Fsp3) is 0.364. The molecule has 0 radical (unpaired) electrons. The van der Waals surface area contributed by atoms with Crippen LogP contribution in [0.1, 0.15) is 54.1 Å². The molecule has 2 aromatic rings. The first-order valence-electron chi connectivity index (χ1n) is 10.1. The van der Waals surface area contributed by atoms with Crippen molar-refractivity contribution in [3.8, 4) is 0 Å². The predicted molar refractivity (Wildman–Crippen MR) is 120 cm³/mol. The van der Waals surface area contributed by atoms with E-state index >= 15 is 0 Å². The summed E-state index contributed by atoms with van der Waals surface area (Å²) in [6.45, 7) is 0. The van der Waals surface area contributed by atoms with Gasteiger partial charge >= 0.3 is 0 Å². The predicted octanol–water partition coefficient (Wildman–Crippen LogP) is 4.49. The molecule has 1 heterocycles. The molecule has 6 nitrogen and oxygen atoms in total. The fourth-order valence-corrected chi connectivity index (χ4v) is 4.58. The van der Waals surface area contributed by atoms with Gasteiger partial charge in [-0.25, -0.2) is 0 Å². The van der Waals surface area contributed by atoms with Gasteiger partial charge in [-0.3, -0.25) is 9.59 Å². The summed E-state index contributed by atoms with van der Waals surface area (Å²) in [4.78, 5) is 25.2. The number of benzene rings is 2. The normalized spacial score (nSPS) is 23.6. The highest BCUT2D eigenvalue weighted by Crippen LogP contribution is 2.36. The molecule has 2 amide bonds. The van der Waals surface area contributed by atoms with Crippen LogP contribution in [0.2, 0.25) is 10.0 Å². The lowest BCUT2D eigenvalue weighted by Crippen LogP contribution is -2.40. The second kappa shape index (κ2) is 8.84. The minimum Gasteiger partial charge on any atom is -0.376 e. The number of rotatable bonds is 3. The summed E-state index contributed by atoms with van der Waals surface area (Å²) in [6.07, 6.45) is 3.83. The van der Waals surface area contributed by atoms with E-state index in [2.05, 4.69) is 16.0 Å². The highest BCUT2D eigenvalue weighted by Gasteiger charge is 2.25. The summed E-state index contributed by atoms with van der Waals surface area (Å²) < 4.78 is 0. The third-order valence-electron chi connectivity index (χ3n) is 5.72. The summed E-state index contributed by atoms with van der Waals surface area (Å²) in [5.41, 5.74) is 8.55. The van der Waals surface area contributed by atoms with E-state index in [0.717, 1.165) is 36.9 Å². The second-order valence-electron chi connectivity index (χ2n) is 7.96. The van der Waals surface area contributed by atoms with Crippen molar-refractivity contribution < 1.29 is 9.59 Å². The van der Waals surface area contributed by atoms with Crippen LogP contribution in [0.3, 0.4) is 0 Å². The number of hydrogen-bond donors (Lipinski definition) is 4. The van der Waals surface area contributed by atoms with Gasteiger partial charge < -0.3 is 21.7 Å². The van der Waals surface area contributed by atoms with E-state index in [1.165, 1.54) is 0 Å². The molecule has 0 saturated heterocycles. The molecule has 1 fully saturated rings. The first-order chi connectivity index (χ1) is 14.4. The molecule has 158 valence electrons. The SMILES string of the molecule is NC1CCC(NC(=O)c2ccc3c(c2)NC(=O)CC(c2ccc(Cl)cc2Cl)N3)CC1. The molecule has 2 aromatic carbocycles. The lowest BCUT2D eigenvalue weighted by molar-refractivity contribution is -0.116. The van der Waals surface area contributed by atoms with E-state index in [4.69, 9.17) is 28.9 Å². The van der Waals surface area contributed by atoms with E-state index in [-0.39, 0.29) is 36.4 Å². The fourth-order valence-electron chi connectivity index (χ4n) is 4.04. The molecule has 5 N–H and O–H groups in total. The Morgan fingerprint density at radius 2 is 1.80 bits per heavy atom. The number of nitrogens with one attached hydrogen (secondary N) is 3. The van der Waals surface area contributed by atoms with E-state index < -0.39 is 0 Å². The molecule has 1 unspecified atom stereocenters. The quantitative estimate of drug-likeness (QED) is 0.558. The van der Waals surface area contributed by atoms with Crippen LogP contribution in [0.4, 0.5) is 11.4 Å². The maximum Gasteiger partial charge on any atom is 0.251 e. The van der Waals surface area contributed by atoms with Crippen LogP contribution in [0, 0.1) is 0 Å². The van der Waals surface area contributed by atoms with Crippen LogP contribution >= 0.6 is 23.2 Å². The van der Waals surface area contributed by atoms with Crippen molar-refractivity contribution in [2.24, 2.45) is 5.73 Å². The number of halogens is 2. The molecule has 4 rings (SSSR count). The maximum absolute atomic E-state index is 12.7. The highest BCUT2D eigenvalue weighted by molar-refractivity contribution is 6.35. The van der Waals surface area contributed by atoms with Gasteiger partial charge in [-0.1, -0.05) is 29.3 Å². The number of anilines is 2. The Hall–Kier alpha value is -2.28. The monoisotopic (exact) mass is 446 g/mol. The molecular weight excluding hydrogens is 423 g/mol. The van der Waals surface area contributed by atoms with E-state index in [0.29, 0.717) is 21.3 Å². The molecule has 1 atom stereocenters. The Balaban J connectivity index is 1.52. The van der Waals surface area contributed by atoms with Gasteiger partial charge in [0.1, 0.15) is 0 Å². The second-order valence-corrected chi connectivity index (χ2v) is 8.80. The number of carbonyl (C=O) groups excluding carboxylic acids is 2. The Morgan fingerprint density at radius 3 is 2.53 bits per heavy atom. The number of amides is 2. The first kappa shape index (κ1) is 21.0. The van der Waals surface area contributed by atoms with Gasteiger partial charge in [-0.15, -0.1) is 0 Å². The summed E-state index contributed by atoms with van der Waals surface area (Å²) in [7, 11) is 0. The van der Waals surface area contributed by atoms with Gasteiger partial charge in [0.25, 0.3) is 5.91 Å². The number of hydrogen-bond acceptors (Lipinski definition) is 4. The molecule has 2 aliphatic rings. The van der Waals surface area contributed by atoms with Crippen LogP contribution in [0.5, 0.6) is 0 Å². The van der Waals surface area contributed by atoms with Crippen LogP contribution in [-0.4, -0.2) is 23.9 Å². The summed E-state index contributed by atoms with van der Waals surface area (Å²) in [5.74, 6) is -0.301. The minimum absolute atomic E-state index is 0.139. The number of carbonyl (C=O) groups is 2. The Kier molecular flexibility index (Phi) is 6.18. The Morgan fingerprint density at radius 1 is 1.03 bits per heavy atom. The topological polar surface area (TPSA) is 96.2 Å². The summed E-state index contributed by atoms with van der Waals surface area (Å²) in [6, 6.07) is 10.6. The van der Waals surface area contributed by atoms with Crippen LogP contribution in [-0.2, 0) is 4.79 Å². The maximum atomic E-state index is 12.7. The van der Waals surface area contributed by atoms with Crippen LogP contribution in [0.15, 0.2) is 36.4 Å². The summed E-state index contributed by atoms with van der Waals surface area (Å²) >= 11 is 12.3. The molecule has 0 aromatic heterocycles. The van der Waals surface area contributed by atoms with E-state index in [9.17, 15) is 9.59 Å². The third kappa shape index (κ3) is 4.72. The number of fused-ring (bicyclic) bond motifs is 1. The van der Waals surface area contributed by atoms with Gasteiger partial charge in [0.2, 0.25) is 5.91 Å². The molecule has 1 aliphatic heterocycles. The van der Waals surface area contributed by atoms with Crippen molar-refractivity contribution in [2.75, 3.05) is 10.6 Å².